The minimum absolute atomic E-state index is 0.0203. The Morgan fingerprint density at radius 1 is 1.17 bits per heavy atom. The van der Waals surface area contributed by atoms with Crippen molar-refractivity contribution in [1.29, 1.82) is 0 Å². The zero-order chi connectivity index (χ0) is 24.6. The van der Waals surface area contributed by atoms with Crippen LogP contribution in [0, 0.1) is 30.3 Å². The first-order valence-corrected chi connectivity index (χ1v) is 11.9. The molecule has 0 bridgehead atoms. The summed E-state index contributed by atoms with van der Waals surface area (Å²) in [6, 6.07) is 1.38. The fourth-order valence-corrected chi connectivity index (χ4v) is 5.81. The van der Waals surface area contributed by atoms with Crippen molar-refractivity contribution in [3.8, 4) is 0 Å². The number of carbonyl (C=O) groups is 3. The number of hydrogen-bond acceptors (Lipinski definition) is 6. The maximum absolute atomic E-state index is 13.6. The molecule has 6 rings (SSSR count). The van der Waals surface area contributed by atoms with E-state index in [-0.39, 0.29) is 28.9 Å². The number of benzene rings is 1. The molecule has 2 N–H and O–H groups in total. The summed E-state index contributed by atoms with van der Waals surface area (Å²) < 4.78 is 42.3. The number of aromatic nitrogens is 3. The van der Waals surface area contributed by atoms with Crippen LogP contribution in [0.2, 0.25) is 0 Å². The lowest BCUT2D eigenvalue weighted by atomic mass is 10.0. The van der Waals surface area contributed by atoms with E-state index in [9.17, 15) is 27.6 Å². The van der Waals surface area contributed by atoms with E-state index in [1.165, 1.54) is 11.3 Å². The van der Waals surface area contributed by atoms with Crippen molar-refractivity contribution in [2.24, 2.45) is 5.92 Å². The van der Waals surface area contributed by atoms with Crippen molar-refractivity contribution in [1.82, 2.24) is 20.1 Å². The van der Waals surface area contributed by atoms with Crippen molar-refractivity contribution in [2.75, 3.05) is 5.32 Å². The maximum Gasteiger partial charge on any atom is 0.293 e. The summed E-state index contributed by atoms with van der Waals surface area (Å²) in [5.41, 5.74) is 1.85. The molecule has 2 amide bonds. The summed E-state index contributed by atoms with van der Waals surface area (Å²) >= 11 is 1.30. The van der Waals surface area contributed by atoms with Crippen molar-refractivity contribution < 1.29 is 27.6 Å². The first-order valence-electron chi connectivity index (χ1n) is 11.0. The Kier molecular flexibility index (Phi) is 4.69. The minimum atomic E-state index is -1.63. The van der Waals surface area contributed by atoms with Gasteiger partial charge in [-0.3, -0.25) is 14.4 Å². The number of carbonyl (C=O) groups excluding carboxylic acids is 3. The monoisotopic (exact) mass is 501 g/mol. The van der Waals surface area contributed by atoms with Gasteiger partial charge in [0.1, 0.15) is 16.2 Å². The molecule has 35 heavy (non-hydrogen) atoms. The van der Waals surface area contributed by atoms with Crippen molar-refractivity contribution >= 4 is 34.6 Å². The van der Waals surface area contributed by atoms with Gasteiger partial charge in [-0.2, -0.15) is 0 Å². The number of amides is 2. The fourth-order valence-electron chi connectivity index (χ4n) is 5.04. The average Bonchev–Trinajstić information content (AvgIpc) is 3.60. The highest BCUT2D eigenvalue weighted by molar-refractivity contribution is 7.09. The average molecular weight is 501 g/mol. The highest BCUT2D eigenvalue weighted by Gasteiger charge is 2.52. The summed E-state index contributed by atoms with van der Waals surface area (Å²) in [6.45, 7) is 1.57. The van der Waals surface area contributed by atoms with E-state index >= 15 is 0 Å². The van der Waals surface area contributed by atoms with Crippen molar-refractivity contribution in [2.45, 2.75) is 44.2 Å². The van der Waals surface area contributed by atoms with Crippen LogP contribution in [0.1, 0.15) is 62.4 Å². The molecule has 3 heterocycles. The molecule has 1 aliphatic heterocycles. The molecule has 12 heteroatoms. The van der Waals surface area contributed by atoms with Gasteiger partial charge in [-0.15, -0.1) is 21.5 Å². The zero-order valence-electron chi connectivity index (χ0n) is 18.3. The Bertz CT molecular complexity index is 1410. The third-order valence-electron chi connectivity index (χ3n) is 6.99. The molecule has 3 aromatic rings. The van der Waals surface area contributed by atoms with Gasteiger partial charge in [-0.05, 0) is 44.1 Å². The Hall–Kier alpha value is -3.54. The number of nitrogens with zero attached hydrogens (tertiary/aromatic N) is 3. The van der Waals surface area contributed by atoms with Crippen molar-refractivity contribution in [3.63, 3.8) is 0 Å². The van der Waals surface area contributed by atoms with Crippen LogP contribution in [0.4, 0.5) is 18.9 Å². The SMILES string of the molecule is Cc1c(C(=O)C(=O)NC2(c3nncs3)CC2)c2n(c1C(=O)Nc1cc(F)c(F)c(F)c1)C1CC1C2. The number of ketones is 1. The van der Waals surface area contributed by atoms with Crippen LogP contribution in [0.25, 0.3) is 0 Å². The molecule has 0 saturated heterocycles. The summed E-state index contributed by atoms with van der Waals surface area (Å²) in [6.07, 6.45) is 2.68. The highest BCUT2D eigenvalue weighted by atomic mass is 32.1. The highest BCUT2D eigenvalue weighted by Crippen LogP contribution is 2.54. The largest absolute Gasteiger partial charge is 0.337 e. The molecule has 2 unspecified atom stereocenters. The molecule has 2 atom stereocenters. The number of hydrogen-bond donors (Lipinski definition) is 2. The van der Waals surface area contributed by atoms with Gasteiger partial charge in [0.15, 0.2) is 17.5 Å². The van der Waals surface area contributed by atoms with Gasteiger partial charge in [-0.1, -0.05) is 0 Å². The van der Waals surface area contributed by atoms with Gasteiger partial charge >= 0.3 is 0 Å². The van der Waals surface area contributed by atoms with E-state index in [4.69, 9.17) is 0 Å². The second-order valence-corrected chi connectivity index (χ2v) is 10.1. The van der Waals surface area contributed by atoms with Crippen LogP contribution in [0.3, 0.4) is 0 Å². The normalized spacial score (nSPS) is 20.7. The van der Waals surface area contributed by atoms with Crippen LogP contribution >= 0.6 is 11.3 Å². The maximum atomic E-state index is 13.6. The molecule has 180 valence electrons. The summed E-state index contributed by atoms with van der Waals surface area (Å²) in [5, 5.41) is 13.6. The van der Waals surface area contributed by atoms with Crippen LogP contribution in [0.5, 0.6) is 0 Å². The Labute approximate surface area is 200 Å². The molecule has 2 aliphatic carbocycles. The van der Waals surface area contributed by atoms with Crippen LogP contribution in [-0.4, -0.2) is 32.4 Å². The number of fused-ring (bicyclic) bond motifs is 3. The van der Waals surface area contributed by atoms with Gasteiger partial charge < -0.3 is 15.2 Å². The van der Waals surface area contributed by atoms with Gasteiger partial charge in [-0.25, -0.2) is 13.2 Å². The molecule has 0 radical (unpaired) electrons. The predicted octanol–water partition coefficient (Wildman–Crippen LogP) is 3.42. The van der Waals surface area contributed by atoms with Gasteiger partial charge in [0, 0.05) is 29.6 Å². The third-order valence-corrected chi connectivity index (χ3v) is 7.88. The van der Waals surface area contributed by atoms with Crippen molar-refractivity contribution in [3.05, 3.63) is 62.6 Å². The Morgan fingerprint density at radius 3 is 2.51 bits per heavy atom. The molecule has 0 spiro atoms. The summed E-state index contributed by atoms with van der Waals surface area (Å²) in [7, 11) is 0. The van der Waals surface area contributed by atoms with Crippen LogP contribution in [-0.2, 0) is 16.8 Å². The van der Waals surface area contributed by atoms with E-state index in [1.54, 1.807) is 17.0 Å². The number of nitrogens with one attached hydrogen (secondary N) is 2. The first kappa shape index (κ1) is 22.0. The quantitative estimate of drug-likeness (QED) is 0.306. The molecule has 3 aliphatic rings. The standard InChI is InChI=1S/C23H18F3N5O3S/c1-9-16(19(32)21(34)29-23(2-3-23)22-30-27-8-35-22)15-5-10-4-14(10)31(15)18(9)20(33)28-11-6-12(24)17(26)13(25)7-11/h6-8,10,14H,2-5H2,1H3,(H,28,33)(H,29,34). The lowest BCUT2D eigenvalue weighted by Gasteiger charge is -2.14. The smallest absolute Gasteiger partial charge is 0.293 e. The van der Waals surface area contributed by atoms with E-state index in [0.29, 0.717) is 47.7 Å². The van der Waals surface area contributed by atoms with E-state index in [0.717, 1.165) is 6.42 Å². The fraction of sp³-hybridized carbons (Fsp3) is 0.348. The van der Waals surface area contributed by atoms with Gasteiger partial charge in [0.25, 0.3) is 17.6 Å². The summed E-state index contributed by atoms with van der Waals surface area (Å²) in [5.74, 6) is -6.47. The van der Waals surface area contributed by atoms with E-state index in [1.807, 2.05) is 0 Å². The number of halogens is 3. The van der Waals surface area contributed by atoms with Crippen LogP contribution in [0.15, 0.2) is 17.6 Å². The second-order valence-electron chi connectivity index (χ2n) is 9.25. The lowest BCUT2D eigenvalue weighted by molar-refractivity contribution is -0.118. The topological polar surface area (TPSA) is 106 Å². The number of Topliss-reactive ketones (excluding diaryl/α,β-unsaturated/α-hetero) is 1. The van der Waals surface area contributed by atoms with Crippen LogP contribution < -0.4 is 10.6 Å². The molecule has 1 aromatic carbocycles. The zero-order valence-corrected chi connectivity index (χ0v) is 19.1. The first-order chi connectivity index (χ1) is 16.7. The number of rotatable bonds is 6. The predicted molar refractivity (Wildman–Crippen MR) is 118 cm³/mol. The molecular weight excluding hydrogens is 483 g/mol. The van der Waals surface area contributed by atoms with E-state index < -0.39 is 40.6 Å². The number of anilines is 1. The minimum Gasteiger partial charge on any atom is -0.337 e. The van der Waals surface area contributed by atoms with Gasteiger partial charge in [0.2, 0.25) is 0 Å². The Balaban J connectivity index is 1.32. The molecule has 2 aromatic heterocycles. The molecule has 2 fully saturated rings. The lowest BCUT2D eigenvalue weighted by Crippen LogP contribution is -2.39. The molecule has 8 nitrogen and oxygen atoms in total. The Morgan fingerprint density at radius 2 is 1.89 bits per heavy atom. The second kappa shape index (κ2) is 7.48. The van der Waals surface area contributed by atoms with Gasteiger partial charge in [0.05, 0.1) is 11.1 Å². The summed E-state index contributed by atoms with van der Waals surface area (Å²) in [4.78, 5) is 39.5. The molecule has 2 saturated carbocycles. The molecular formula is C23H18F3N5O3S. The third kappa shape index (κ3) is 3.38. The van der Waals surface area contributed by atoms with E-state index in [2.05, 4.69) is 20.8 Å².